The molecule has 0 saturated carbocycles. The van der Waals surface area contributed by atoms with Crippen LogP contribution in [0.15, 0.2) is 24.3 Å². The second-order valence-electron chi connectivity index (χ2n) is 4.88. The number of carboxylic acid groups (broad SMARTS) is 1. The Morgan fingerprint density at radius 1 is 1.00 bits per heavy atom. The van der Waals surface area contributed by atoms with Crippen LogP contribution in [-0.4, -0.2) is 11.3 Å². The molecule has 0 amide bonds. The average molecular weight is 264 g/mol. The minimum atomic E-state index is -1.26. The molecule has 0 aliphatic carbocycles. The van der Waals surface area contributed by atoms with E-state index in [2.05, 4.69) is 11.7 Å². The van der Waals surface area contributed by atoms with E-state index in [0.29, 0.717) is 5.75 Å². The summed E-state index contributed by atoms with van der Waals surface area (Å²) >= 11 is 0. The largest absolute Gasteiger partial charge is 0.511 e. The molecule has 0 aliphatic heterocycles. The monoisotopic (exact) mass is 264 g/mol. The molecule has 0 heterocycles. The summed E-state index contributed by atoms with van der Waals surface area (Å²) in [6, 6.07) is 7.31. The quantitative estimate of drug-likeness (QED) is 0.386. The molecule has 1 aromatic carbocycles. The molecule has 0 fully saturated rings. The van der Waals surface area contributed by atoms with Crippen LogP contribution in [0.25, 0.3) is 0 Å². The van der Waals surface area contributed by atoms with E-state index >= 15 is 0 Å². The molecule has 0 aromatic heterocycles. The van der Waals surface area contributed by atoms with E-state index < -0.39 is 6.16 Å². The normalized spacial score (nSPS) is 10.4. The molecule has 0 aliphatic rings. The molecule has 0 saturated heterocycles. The van der Waals surface area contributed by atoms with Gasteiger partial charge in [-0.1, -0.05) is 57.6 Å². The van der Waals surface area contributed by atoms with Crippen molar-refractivity contribution in [2.75, 3.05) is 0 Å². The molecule has 0 spiro atoms. The van der Waals surface area contributed by atoms with E-state index in [1.165, 1.54) is 50.5 Å². The number of unbranched alkanes of at least 4 members (excludes halogenated alkanes) is 6. The van der Waals surface area contributed by atoms with E-state index in [-0.39, 0.29) is 0 Å². The Kier molecular flexibility index (Phi) is 7.71. The number of hydrogen-bond donors (Lipinski definition) is 1. The molecule has 1 aromatic rings. The summed E-state index contributed by atoms with van der Waals surface area (Å²) in [5.41, 5.74) is 1.24. The van der Waals surface area contributed by atoms with Crippen LogP contribution < -0.4 is 4.74 Å². The van der Waals surface area contributed by atoms with Crippen LogP contribution in [0.1, 0.15) is 57.4 Å². The molecule has 0 atom stereocenters. The van der Waals surface area contributed by atoms with Gasteiger partial charge in [-0.05, 0) is 30.5 Å². The van der Waals surface area contributed by atoms with E-state index in [1.54, 1.807) is 12.1 Å². The standard InChI is InChI=1S/C16H24O3/c1-2-3-4-5-6-7-8-9-14-10-12-15(13-11-14)19-16(17)18/h10-13H,2-9H2,1H3,(H,17,18). The highest BCUT2D eigenvalue weighted by Crippen LogP contribution is 2.15. The van der Waals surface area contributed by atoms with Gasteiger partial charge in [0.1, 0.15) is 5.75 Å². The van der Waals surface area contributed by atoms with Gasteiger partial charge in [0.05, 0.1) is 0 Å². The highest BCUT2D eigenvalue weighted by Gasteiger charge is 2.00. The first-order valence-corrected chi connectivity index (χ1v) is 7.22. The molecule has 1 rings (SSSR count). The van der Waals surface area contributed by atoms with Crippen molar-refractivity contribution in [3.05, 3.63) is 29.8 Å². The zero-order valence-corrected chi connectivity index (χ0v) is 11.7. The van der Waals surface area contributed by atoms with E-state index in [1.807, 2.05) is 12.1 Å². The van der Waals surface area contributed by atoms with E-state index in [9.17, 15) is 4.79 Å². The summed E-state index contributed by atoms with van der Waals surface area (Å²) in [6.07, 6.45) is 8.94. The van der Waals surface area contributed by atoms with Gasteiger partial charge in [-0.15, -0.1) is 0 Å². The van der Waals surface area contributed by atoms with Crippen LogP contribution in [0.3, 0.4) is 0 Å². The van der Waals surface area contributed by atoms with Crippen LogP contribution >= 0.6 is 0 Å². The lowest BCUT2D eigenvalue weighted by atomic mass is 10.0. The molecule has 0 bridgehead atoms. The van der Waals surface area contributed by atoms with Crippen LogP contribution in [0.4, 0.5) is 4.79 Å². The molecular formula is C16H24O3. The van der Waals surface area contributed by atoms with Gasteiger partial charge in [-0.2, -0.15) is 0 Å². The molecule has 3 heteroatoms. The summed E-state index contributed by atoms with van der Waals surface area (Å²) in [7, 11) is 0. The molecule has 19 heavy (non-hydrogen) atoms. The number of hydrogen-bond acceptors (Lipinski definition) is 2. The Labute approximate surface area is 115 Å². The van der Waals surface area contributed by atoms with Crippen molar-refractivity contribution in [3.63, 3.8) is 0 Å². The van der Waals surface area contributed by atoms with Crippen molar-refractivity contribution in [1.82, 2.24) is 0 Å². The number of rotatable bonds is 9. The van der Waals surface area contributed by atoms with Crippen LogP contribution in [0.5, 0.6) is 5.75 Å². The summed E-state index contributed by atoms with van der Waals surface area (Å²) < 4.78 is 4.57. The molecule has 106 valence electrons. The molecule has 3 nitrogen and oxygen atoms in total. The summed E-state index contributed by atoms with van der Waals surface area (Å²) in [5, 5.41) is 8.48. The van der Waals surface area contributed by atoms with Crippen molar-refractivity contribution in [2.45, 2.75) is 58.3 Å². The van der Waals surface area contributed by atoms with Gasteiger partial charge in [0, 0.05) is 0 Å². The third-order valence-electron chi connectivity index (χ3n) is 3.20. The zero-order chi connectivity index (χ0) is 13.9. The third-order valence-corrected chi connectivity index (χ3v) is 3.20. The van der Waals surface area contributed by atoms with Crippen LogP contribution in [-0.2, 0) is 6.42 Å². The fourth-order valence-corrected chi connectivity index (χ4v) is 2.11. The van der Waals surface area contributed by atoms with Gasteiger partial charge in [-0.25, -0.2) is 4.79 Å². The van der Waals surface area contributed by atoms with Gasteiger partial charge < -0.3 is 9.84 Å². The van der Waals surface area contributed by atoms with Crippen molar-refractivity contribution in [2.24, 2.45) is 0 Å². The maximum atomic E-state index is 10.4. The first-order chi connectivity index (χ1) is 9.22. The second kappa shape index (κ2) is 9.42. The van der Waals surface area contributed by atoms with Crippen molar-refractivity contribution < 1.29 is 14.6 Å². The van der Waals surface area contributed by atoms with Gasteiger partial charge in [0.15, 0.2) is 0 Å². The summed E-state index contributed by atoms with van der Waals surface area (Å²) in [5.74, 6) is 0.385. The predicted octanol–water partition coefficient (Wildman–Crippen LogP) is 5.04. The Bertz CT molecular complexity index is 357. The van der Waals surface area contributed by atoms with Gasteiger partial charge in [0.2, 0.25) is 0 Å². The van der Waals surface area contributed by atoms with Crippen molar-refractivity contribution in [3.8, 4) is 5.75 Å². The Morgan fingerprint density at radius 3 is 2.16 bits per heavy atom. The Morgan fingerprint density at radius 2 is 1.58 bits per heavy atom. The van der Waals surface area contributed by atoms with Crippen molar-refractivity contribution in [1.29, 1.82) is 0 Å². The smallest absolute Gasteiger partial charge is 0.449 e. The lowest BCUT2D eigenvalue weighted by Gasteiger charge is -2.04. The molecular weight excluding hydrogens is 240 g/mol. The number of ether oxygens (including phenoxy) is 1. The lowest BCUT2D eigenvalue weighted by molar-refractivity contribution is 0.144. The van der Waals surface area contributed by atoms with Crippen LogP contribution in [0, 0.1) is 0 Å². The SMILES string of the molecule is CCCCCCCCCc1ccc(OC(=O)O)cc1. The number of aryl methyl sites for hydroxylation is 1. The highest BCUT2D eigenvalue weighted by atomic mass is 16.7. The first kappa shape index (κ1) is 15.5. The lowest BCUT2D eigenvalue weighted by Crippen LogP contribution is -2.02. The third kappa shape index (κ3) is 7.50. The van der Waals surface area contributed by atoms with E-state index in [0.717, 1.165) is 6.42 Å². The second-order valence-corrected chi connectivity index (χ2v) is 4.88. The van der Waals surface area contributed by atoms with Crippen molar-refractivity contribution >= 4 is 6.16 Å². The molecule has 1 N–H and O–H groups in total. The molecule has 0 radical (unpaired) electrons. The molecule has 0 unspecified atom stereocenters. The first-order valence-electron chi connectivity index (χ1n) is 7.22. The Balaban J connectivity index is 2.14. The zero-order valence-electron chi connectivity index (χ0n) is 11.7. The van der Waals surface area contributed by atoms with Gasteiger partial charge >= 0.3 is 6.16 Å². The topological polar surface area (TPSA) is 46.5 Å². The van der Waals surface area contributed by atoms with E-state index in [4.69, 9.17) is 5.11 Å². The fourth-order valence-electron chi connectivity index (χ4n) is 2.11. The minimum Gasteiger partial charge on any atom is -0.449 e. The predicted molar refractivity (Wildman–Crippen MR) is 76.8 cm³/mol. The Hall–Kier alpha value is -1.51. The summed E-state index contributed by atoms with van der Waals surface area (Å²) in [6.45, 7) is 2.23. The van der Waals surface area contributed by atoms with Gasteiger partial charge in [0.25, 0.3) is 0 Å². The van der Waals surface area contributed by atoms with Gasteiger partial charge in [-0.3, -0.25) is 0 Å². The van der Waals surface area contributed by atoms with Crippen LogP contribution in [0.2, 0.25) is 0 Å². The number of carbonyl (C=O) groups is 1. The average Bonchev–Trinajstić information content (AvgIpc) is 2.39. The maximum Gasteiger partial charge on any atom is 0.511 e. The minimum absolute atomic E-state index is 0.385. The fraction of sp³-hybridized carbons (Fsp3) is 0.562. The summed E-state index contributed by atoms with van der Waals surface area (Å²) in [4.78, 5) is 10.4. The maximum absolute atomic E-state index is 10.4. The highest BCUT2D eigenvalue weighted by molar-refractivity contribution is 5.61. The number of benzene rings is 1.